The number of hydrogen-bond donors (Lipinski definition) is 4. The molecule has 4 fully saturated rings. The van der Waals surface area contributed by atoms with Crippen LogP contribution in [0.1, 0.15) is 74.9 Å². The predicted octanol–water partition coefficient (Wildman–Crippen LogP) is 2.77. The molecule has 4 aliphatic heterocycles. The molecule has 4 aromatic rings. The Morgan fingerprint density at radius 1 is 0.608 bits per heavy atom. The summed E-state index contributed by atoms with van der Waals surface area (Å²) < 4.78 is 61.8. The number of ketones is 2. The van der Waals surface area contributed by atoms with E-state index >= 15 is 0 Å². The Morgan fingerprint density at radius 2 is 1.04 bits per heavy atom. The summed E-state index contributed by atoms with van der Waals surface area (Å²) in [6.45, 7) is 7.16. The monoisotopic (exact) mass is 1030 g/mol. The molecule has 0 radical (unpaired) electrons. The van der Waals surface area contributed by atoms with Gasteiger partial charge < -0.3 is 67.8 Å². The van der Waals surface area contributed by atoms with Crippen LogP contribution in [-0.4, -0.2) is 175 Å². The lowest BCUT2D eigenvalue weighted by Gasteiger charge is -2.46. The molecule has 22 heteroatoms. The number of benzene rings is 2. The van der Waals surface area contributed by atoms with Gasteiger partial charge in [0.1, 0.15) is 84.9 Å². The Labute approximate surface area is 429 Å². The van der Waals surface area contributed by atoms with Crippen LogP contribution in [0.15, 0.2) is 73.1 Å². The van der Waals surface area contributed by atoms with Gasteiger partial charge in [-0.2, -0.15) is 0 Å². The fourth-order valence-corrected chi connectivity index (χ4v) is 8.95. The summed E-state index contributed by atoms with van der Waals surface area (Å²) in [6.07, 6.45) is 2.05. The number of carbonyl (C=O) groups excluding carboxylic acids is 2. The van der Waals surface area contributed by atoms with Crippen molar-refractivity contribution in [2.75, 3.05) is 39.6 Å². The van der Waals surface area contributed by atoms with Gasteiger partial charge in [-0.05, 0) is 49.3 Å². The van der Waals surface area contributed by atoms with Gasteiger partial charge in [0.2, 0.25) is 0 Å². The number of carbonyl (C=O) groups is 2. The number of hydrogen-bond acceptors (Lipinski definition) is 20. The Morgan fingerprint density at radius 3 is 1.47 bits per heavy atom. The van der Waals surface area contributed by atoms with Crippen molar-refractivity contribution in [1.29, 1.82) is 0 Å². The van der Waals surface area contributed by atoms with Gasteiger partial charge in [-0.25, -0.2) is 9.36 Å². The number of para-hydroxylation sites is 2. The molecule has 2 aromatic carbocycles. The van der Waals surface area contributed by atoms with Crippen molar-refractivity contribution >= 4 is 23.7 Å². The second-order valence-corrected chi connectivity index (χ2v) is 18.5. The molecule has 4 N–H and O–H groups in total. The van der Waals surface area contributed by atoms with Crippen LogP contribution < -0.4 is 9.47 Å². The third-order valence-electron chi connectivity index (χ3n) is 12.9. The molecule has 74 heavy (non-hydrogen) atoms. The van der Waals surface area contributed by atoms with Crippen LogP contribution in [0.2, 0.25) is 0 Å². The van der Waals surface area contributed by atoms with Gasteiger partial charge in [0.15, 0.2) is 24.1 Å². The number of aliphatic hydroxyl groups is 4. The highest BCUT2D eigenvalue weighted by Crippen LogP contribution is 2.33. The highest BCUT2D eigenvalue weighted by Gasteiger charge is 2.50. The SMILES string of the molecule is CCCC1OC[C@H]2O[C@@H](CC(=O)/C=C/c3ccccc3OCc3cn(CCOCCOCCn4cc(COc5ccccc5/C=C/C(=O)C[C@@H]5O[C@@H]6COC(CCC)O[C@H]6[C@H](O)[C@H]5O)nn4)nn3)[C@H](O)[C@@H](O)[C@@H]2O1. The lowest BCUT2D eigenvalue weighted by Crippen LogP contribution is -2.62. The largest absolute Gasteiger partial charge is 0.487 e. The molecule has 0 aliphatic carbocycles. The summed E-state index contributed by atoms with van der Waals surface area (Å²) in [5, 5.41) is 59.8. The van der Waals surface area contributed by atoms with Gasteiger partial charge in [0.25, 0.3) is 0 Å². The highest BCUT2D eigenvalue weighted by atomic mass is 16.7. The van der Waals surface area contributed by atoms with E-state index in [1.54, 1.807) is 46.0 Å². The summed E-state index contributed by atoms with van der Waals surface area (Å²) in [5.41, 5.74) is 2.54. The zero-order valence-corrected chi connectivity index (χ0v) is 41.7. The predicted molar refractivity (Wildman–Crippen MR) is 261 cm³/mol. The minimum absolute atomic E-state index is 0.134. The Kier molecular flexibility index (Phi) is 20.4. The third kappa shape index (κ3) is 15.2. The van der Waals surface area contributed by atoms with Crippen LogP contribution >= 0.6 is 0 Å². The number of ether oxygens (including phenoxy) is 10. The van der Waals surface area contributed by atoms with E-state index in [4.69, 9.17) is 47.4 Å². The van der Waals surface area contributed by atoms with Crippen molar-refractivity contribution in [3.05, 3.63) is 95.6 Å². The first kappa shape index (κ1) is 54.9. The zero-order chi connectivity index (χ0) is 51.8. The van der Waals surface area contributed by atoms with Crippen molar-refractivity contribution in [3.8, 4) is 11.5 Å². The maximum Gasteiger partial charge on any atom is 0.158 e. The molecule has 4 aliphatic rings. The molecule has 8 rings (SSSR count). The Balaban J connectivity index is 0.681. The van der Waals surface area contributed by atoms with E-state index in [2.05, 4.69) is 20.6 Å². The second kappa shape index (κ2) is 27.4. The average molecular weight is 1030 g/mol. The number of fused-ring (bicyclic) bond motifs is 2. The summed E-state index contributed by atoms with van der Waals surface area (Å²) in [4.78, 5) is 26.0. The molecule has 12 atom stereocenters. The maximum absolute atomic E-state index is 13.0. The van der Waals surface area contributed by atoms with Crippen molar-refractivity contribution in [2.24, 2.45) is 0 Å². The van der Waals surface area contributed by atoms with E-state index in [1.165, 1.54) is 12.2 Å². The molecule has 0 spiro atoms. The lowest BCUT2D eigenvalue weighted by atomic mass is 9.91. The van der Waals surface area contributed by atoms with Crippen LogP contribution in [0.3, 0.4) is 0 Å². The van der Waals surface area contributed by atoms with E-state index in [-0.39, 0.29) is 50.8 Å². The summed E-state index contributed by atoms with van der Waals surface area (Å²) in [6, 6.07) is 14.5. The number of rotatable bonds is 27. The number of nitrogens with zero attached hydrogens (tertiary/aromatic N) is 6. The van der Waals surface area contributed by atoms with Crippen LogP contribution in [0, 0.1) is 0 Å². The van der Waals surface area contributed by atoms with E-state index in [0.717, 1.165) is 12.8 Å². The first-order chi connectivity index (χ1) is 36.0. The zero-order valence-electron chi connectivity index (χ0n) is 41.7. The van der Waals surface area contributed by atoms with Gasteiger partial charge >= 0.3 is 0 Å². The van der Waals surface area contributed by atoms with E-state index < -0.39 is 73.6 Å². The fourth-order valence-electron chi connectivity index (χ4n) is 8.95. The first-order valence-corrected chi connectivity index (χ1v) is 25.4. The standard InChI is InChI=1S/C52H68N6O16/c1-3-9-45-69-31-43-51(73-45)49(63)47(61)41(71-43)25-37(59)17-15-33-11-5-7-13-39(33)67-29-35-27-57(55-53-35)19-21-65-23-24-66-22-20-58-28-36(54-56-58)30-68-40-14-8-6-12-34(40)16-18-38(60)26-42-48(62)50(64)52-44(72-42)32-70-46(74-52)10-4-2/h5-8,11-18,27-28,41-52,61-64H,3-4,9-10,19-26,29-32H2,1-2H3/b17-15+,18-16+/t41-,42-,43+,44+,45?,46?,47-,48-,49+,50+,51+,52+/m0/s1. The van der Waals surface area contributed by atoms with E-state index in [9.17, 15) is 30.0 Å². The molecule has 0 amide bonds. The normalized spacial score (nSPS) is 28.0. The average Bonchev–Trinajstić information content (AvgIpc) is 4.08. The van der Waals surface area contributed by atoms with Crippen LogP contribution in [0.4, 0.5) is 0 Å². The van der Waals surface area contributed by atoms with Gasteiger partial charge in [0, 0.05) is 24.0 Å². The van der Waals surface area contributed by atoms with Gasteiger partial charge in [-0.15, -0.1) is 10.2 Å². The summed E-state index contributed by atoms with van der Waals surface area (Å²) >= 11 is 0. The molecule has 4 saturated heterocycles. The first-order valence-electron chi connectivity index (χ1n) is 25.4. The van der Waals surface area contributed by atoms with Crippen LogP contribution in [0.5, 0.6) is 11.5 Å². The van der Waals surface area contributed by atoms with E-state index in [1.807, 2.05) is 50.2 Å². The molecule has 2 aromatic heterocycles. The molecule has 2 unspecified atom stereocenters. The maximum atomic E-state index is 13.0. The van der Waals surface area contributed by atoms with Gasteiger partial charge in [-0.1, -0.05) is 73.5 Å². The molecule has 0 saturated carbocycles. The smallest absolute Gasteiger partial charge is 0.158 e. The van der Waals surface area contributed by atoms with Crippen LogP contribution in [-0.2, 0) is 73.8 Å². The fraction of sp³-hybridized carbons (Fsp3) is 0.577. The van der Waals surface area contributed by atoms with Gasteiger partial charge in [-0.3, -0.25) is 9.59 Å². The van der Waals surface area contributed by atoms with Gasteiger partial charge in [0.05, 0.1) is 77.3 Å². The number of allylic oxidation sites excluding steroid dienone is 2. The highest BCUT2D eigenvalue weighted by molar-refractivity contribution is 5.94. The molecular weight excluding hydrogens is 965 g/mol. The van der Waals surface area contributed by atoms with Crippen molar-refractivity contribution in [3.63, 3.8) is 0 Å². The minimum Gasteiger partial charge on any atom is -0.487 e. The summed E-state index contributed by atoms with van der Waals surface area (Å²) in [7, 11) is 0. The molecule has 22 nitrogen and oxygen atoms in total. The van der Waals surface area contributed by atoms with Crippen molar-refractivity contribution in [2.45, 2.75) is 152 Å². The quantitative estimate of drug-likeness (QED) is 0.0494. The molecule has 0 bridgehead atoms. The van der Waals surface area contributed by atoms with Crippen molar-refractivity contribution in [1.82, 2.24) is 30.0 Å². The molecule has 402 valence electrons. The molecule has 6 heterocycles. The second-order valence-electron chi connectivity index (χ2n) is 18.5. The summed E-state index contributed by atoms with van der Waals surface area (Å²) in [5.74, 6) is 0.493. The third-order valence-corrected chi connectivity index (χ3v) is 12.9. The Bertz CT molecular complexity index is 2280. The minimum atomic E-state index is -1.29. The number of aromatic nitrogens is 6. The van der Waals surface area contributed by atoms with Crippen molar-refractivity contribution < 1.29 is 77.4 Å². The molecular formula is C52H68N6O16. The van der Waals surface area contributed by atoms with Crippen LogP contribution in [0.25, 0.3) is 12.2 Å². The Hall–Kier alpha value is -5.34. The topological polar surface area (TPSA) is 269 Å². The van der Waals surface area contributed by atoms with E-state index in [0.29, 0.717) is 86.4 Å². The lowest BCUT2D eigenvalue weighted by molar-refractivity contribution is -0.325. The number of aliphatic hydroxyl groups excluding tert-OH is 4.